The van der Waals surface area contributed by atoms with Crippen LogP contribution in [0.15, 0.2) is 39.9 Å². The number of rotatable bonds is 9. The van der Waals surface area contributed by atoms with Gasteiger partial charge in [0.15, 0.2) is 5.96 Å². The fourth-order valence-corrected chi connectivity index (χ4v) is 2.38. The van der Waals surface area contributed by atoms with Crippen LogP contribution in [-0.4, -0.2) is 36.6 Å². The van der Waals surface area contributed by atoms with Gasteiger partial charge in [0.1, 0.15) is 12.0 Å². The van der Waals surface area contributed by atoms with Crippen molar-refractivity contribution in [2.24, 2.45) is 4.99 Å². The van der Waals surface area contributed by atoms with Gasteiger partial charge in [-0.05, 0) is 39.3 Å². The van der Waals surface area contributed by atoms with E-state index in [1.807, 2.05) is 38.1 Å². The number of aliphatic imine (C=N–C) groups is 1. The quantitative estimate of drug-likeness (QED) is 0.304. The maximum absolute atomic E-state index is 11.3. The van der Waals surface area contributed by atoms with Gasteiger partial charge in [0, 0.05) is 25.1 Å². The van der Waals surface area contributed by atoms with E-state index in [2.05, 4.69) is 20.6 Å². The van der Waals surface area contributed by atoms with Crippen LogP contribution in [0.25, 0.3) is 11.5 Å². The average Bonchev–Trinajstić information content (AvgIpc) is 3.13. The summed E-state index contributed by atoms with van der Waals surface area (Å²) in [5.41, 5.74) is 2.90. The maximum Gasteiger partial charge on any atom is 0.305 e. The molecule has 2 rings (SSSR count). The molecule has 7 nitrogen and oxygen atoms in total. The molecule has 146 valence electrons. The molecule has 0 saturated carbocycles. The van der Waals surface area contributed by atoms with E-state index in [4.69, 9.17) is 9.15 Å². The highest BCUT2D eigenvalue weighted by Gasteiger charge is 2.07. The number of guanidine groups is 1. The molecule has 0 aliphatic carbocycles. The Morgan fingerprint density at radius 3 is 2.70 bits per heavy atom. The number of esters is 1. The van der Waals surface area contributed by atoms with Gasteiger partial charge in [-0.2, -0.15) is 0 Å². The number of aryl methyl sites for hydroxylation is 1. The van der Waals surface area contributed by atoms with Gasteiger partial charge in [0.2, 0.25) is 5.89 Å². The number of aromatic nitrogens is 1. The fourth-order valence-electron chi connectivity index (χ4n) is 2.38. The molecule has 1 heterocycles. The minimum Gasteiger partial charge on any atom is -0.466 e. The second-order valence-corrected chi connectivity index (χ2v) is 6.04. The fraction of sp³-hybridized carbons (Fsp3) is 0.450. The van der Waals surface area contributed by atoms with Crippen LogP contribution in [0.1, 0.15) is 37.9 Å². The van der Waals surface area contributed by atoms with Crippen molar-refractivity contribution < 1.29 is 13.9 Å². The van der Waals surface area contributed by atoms with E-state index in [1.165, 1.54) is 5.56 Å². The number of hydrogen-bond donors (Lipinski definition) is 2. The summed E-state index contributed by atoms with van der Waals surface area (Å²) >= 11 is 0. The van der Waals surface area contributed by atoms with E-state index in [1.54, 1.807) is 13.2 Å². The predicted octanol–water partition coefficient (Wildman–Crippen LogP) is 3.05. The Morgan fingerprint density at radius 1 is 1.22 bits per heavy atom. The summed E-state index contributed by atoms with van der Waals surface area (Å²) in [5.74, 6) is 1.10. The van der Waals surface area contributed by atoms with Crippen molar-refractivity contribution in [2.75, 3.05) is 19.7 Å². The maximum atomic E-state index is 11.3. The molecule has 2 aromatic rings. The van der Waals surface area contributed by atoms with Gasteiger partial charge >= 0.3 is 5.97 Å². The first-order valence-electron chi connectivity index (χ1n) is 9.31. The van der Waals surface area contributed by atoms with Gasteiger partial charge < -0.3 is 19.8 Å². The molecule has 1 aromatic carbocycles. The van der Waals surface area contributed by atoms with Crippen molar-refractivity contribution in [1.29, 1.82) is 0 Å². The molecule has 0 amide bonds. The minimum atomic E-state index is -0.174. The first-order valence-corrected chi connectivity index (χ1v) is 9.31. The Balaban J connectivity index is 1.87. The summed E-state index contributed by atoms with van der Waals surface area (Å²) in [4.78, 5) is 20.4. The molecule has 0 fully saturated rings. The Labute approximate surface area is 160 Å². The van der Waals surface area contributed by atoms with Gasteiger partial charge in [-0.15, -0.1) is 0 Å². The number of oxazole rings is 1. The average molecular weight is 372 g/mol. The lowest BCUT2D eigenvalue weighted by Gasteiger charge is -2.10. The molecule has 7 heteroatoms. The SMILES string of the molecule is CCNC(=NCc1coc(-c2ccc(C)cc2)n1)NCCCC(=O)OCC. The van der Waals surface area contributed by atoms with E-state index in [0.717, 1.165) is 17.8 Å². The highest BCUT2D eigenvalue weighted by Crippen LogP contribution is 2.19. The second-order valence-electron chi connectivity index (χ2n) is 6.04. The number of carbonyl (C=O) groups excluding carboxylic acids is 1. The smallest absolute Gasteiger partial charge is 0.305 e. The normalized spacial score (nSPS) is 11.3. The third-order valence-corrected chi connectivity index (χ3v) is 3.75. The summed E-state index contributed by atoms with van der Waals surface area (Å²) in [6.45, 7) is 8.06. The zero-order valence-electron chi connectivity index (χ0n) is 16.2. The van der Waals surface area contributed by atoms with Gasteiger partial charge in [-0.25, -0.2) is 9.98 Å². The Kier molecular flexibility index (Phi) is 8.35. The van der Waals surface area contributed by atoms with Crippen LogP contribution < -0.4 is 10.6 Å². The van der Waals surface area contributed by atoms with Gasteiger partial charge in [-0.3, -0.25) is 4.79 Å². The van der Waals surface area contributed by atoms with Crippen molar-refractivity contribution in [3.63, 3.8) is 0 Å². The van der Waals surface area contributed by atoms with Crippen LogP contribution in [0.4, 0.5) is 0 Å². The number of hydrogen-bond acceptors (Lipinski definition) is 5. The van der Waals surface area contributed by atoms with E-state index < -0.39 is 0 Å². The lowest BCUT2D eigenvalue weighted by atomic mass is 10.1. The molecule has 0 aliphatic heterocycles. The van der Waals surface area contributed by atoms with Crippen LogP contribution >= 0.6 is 0 Å². The molecule has 0 unspecified atom stereocenters. The largest absolute Gasteiger partial charge is 0.466 e. The molecule has 0 aliphatic rings. The summed E-state index contributed by atoms with van der Waals surface area (Å²) in [7, 11) is 0. The molecular formula is C20H28N4O3. The zero-order valence-corrected chi connectivity index (χ0v) is 16.2. The lowest BCUT2D eigenvalue weighted by Crippen LogP contribution is -2.37. The van der Waals surface area contributed by atoms with Crippen LogP contribution in [0.3, 0.4) is 0 Å². The van der Waals surface area contributed by atoms with E-state index in [9.17, 15) is 4.79 Å². The number of nitrogens with zero attached hydrogens (tertiary/aromatic N) is 2. The molecule has 0 spiro atoms. The summed E-state index contributed by atoms with van der Waals surface area (Å²) < 4.78 is 10.5. The Hall–Kier alpha value is -2.83. The van der Waals surface area contributed by atoms with Gasteiger partial charge in [0.25, 0.3) is 0 Å². The molecule has 0 bridgehead atoms. The van der Waals surface area contributed by atoms with Crippen LogP contribution in [-0.2, 0) is 16.1 Å². The van der Waals surface area contributed by atoms with Crippen LogP contribution in [0.5, 0.6) is 0 Å². The topological polar surface area (TPSA) is 88.8 Å². The molecule has 0 radical (unpaired) electrons. The second kappa shape index (κ2) is 11.0. The molecule has 0 saturated heterocycles. The summed E-state index contributed by atoms with van der Waals surface area (Å²) in [5, 5.41) is 6.38. The molecule has 27 heavy (non-hydrogen) atoms. The first kappa shape index (κ1) is 20.5. The van der Waals surface area contributed by atoms with Crippen molar-refractivity contribution >= 4 is 11.9 Å². The van der Waals surface area contributed by atoms with Crippen LogP contribution in [0.2, 0.25) is 0 Å². The minimum absolute atomic E-state index is 0.174. The standard InChI is InChI=1S/C20H28N4O3/c1-4-21-20(22-12-6-7-18(25)26-5-2)23-13-17-14-27-19(24-17)16-10-8-15(3)9-11-16/h8-11,14H,4-7,12-13H2,1-3H3,(H2,21,22,23). The van der Waals surface area contributed by atoms with E-state index >= 15 is 0 Å². The molecule has 1 aromatic heterocycles. The summed E-state index contributed by atoms with van der Waals surface area (Å²) in [6, 6.07) is 8.04. The predicted molar refractivity (Wildman–Crippen MR) is 105 cm³/mol. The molecular weight excluding hydrogens is 344 g/mol. The van der Waals surface area contributed by atoms with Crippen LogP contribution in [0, 0.1) is 6.92 Å². The first-order chi connectivity index (χ1) is 13.1. The van der Waals surface area contributed by atoms with E-state index in [-0.39, 0.29) is 5.97 Å². The van der Waals surface area contributed by atoms with E-state index in [0.29, 0.717) is 44.4 Å². The van der Waals surface area contributed by atoms with Gasteiger partial charge in [-0.1, -0.05) is 17.7 Å². The third kappa shape index (κ3) is 7.13. The monoisotopic (exact) mass is 372 g/mol. The highest BCUT2D eigenvalue weighted by atomic mass is 16.5. The van der Waals surface area contributed by atoms with Crippen molar-refractivity contribution in [3.05, 3.63) is 41.8 Å². The molecule has 0 atom stereocenters. The number of nitrogens with one attached hydrogen (secondary N) is 2. The molecule has 2 N–H and O–H groups in total. The zero-order chi connectivity index (χ0) is 19.5. The third-order valence-electron chi connectivity index (χ3n) is 3.75. The number of benzene rings is 1. The lowest BCUT2D eigenvalue weighted by molar-refractivity contribution is -0.143. The Bertz CT molecular complexity index is 738. The number of ether oxygens (including phenoxy) is 1. The Morgan fingerprint density at radius 2 is 2.00 bits per heavy atom. The van der Waals surface area contributed by atoms with Gasteiger partial charge in [0.05, 0.1) is 13.2 Å². The van der Waals surface area contributed by atoms with Crippen molar-refractivity contribution in [2.45, 2.75) is 40.2 Å². The van der Waals surface area contributed by atoms with Crippen molar-refractivity contribution in [3.8, 4) is 11.5 Å². The number of carbonyl (C=O) groups is 1. The summed E-state index contributed by atoms with van der Waals surface area (Å²) in [6.07, 6.45) is 2.71. The van der Waals surface area contributed by atoms with Crippen molar-refractivity contribution in [1.82, 2.24) is 15.6 Å². The highest BCUT2D eigenvalue weighted by molar-refractivity contribution is 5.79.